The molecule has 0 aliphatic heterocycles. The molecule has 2 N–H and O–H groups in total. The molecule has 2 rings (SSSR count). The Morgan fingerprint density at radius 2 is 1.89 bits per heavy atom. The molecule has 2 aromatic rings. The average molecular weight is 270 g/mol. The van der Waals surface area contributed by atoms with Crippen molar-refractivity contribution in [2.75, 3.05) is 6.54 Å². The van der Waals surface area contributed by atoms with Crippen LogP contribution in [-0.2, 0) is 12.6 Å². The number of nitrogens with zero attached hydrogens (tertiary/aromatic N) is 1. The van der Waals surface area contributed by atoms with Crippen molar-refractivity contribution >= 4 is 0 Å². The number of nitrogens with two attached hydrogens (primary N) is 1. The zero-order valence-electron chi connectivity index (χ0n) is 10.1. The van der Waals surface area contributed by atoms with E-state index in [1.807, 2.05) is 0 Å². The Morgan fingerprint density at radius 1 is 1.16 bits per heavy atom. The van der Waals surface area contributed by atoms with Crippen molar-refractivity contribution < 1.29 is 17.7 Å². The molecule has 0 unspecified atom stereocenters. The van der Waals surface area contributed by atoms with Gasteiger partial charge in [0.1, 0.15) is 6.26 Å². The number of halogens is 3. The monoisotopic (exact) mass is 270 g/mol. The van der Waals surface area contributed by atoms with Crippen LogP contribution in [0, 0.1) is 0 Å². The van der Waals surface area contributed by atoms with Gasteiger partial charge in [-0.25, -0.2) is 0 Å². The molecule has 0 saturated heterocycles. The minimum absolute atomic E-state index is 0.0864. The fraction of sp³-hybridized carbons (Fsp3) is 0.308. The van der Waals surface area contributed by atoms with Crippen molar-refractivity contribution in [2.24, 2.45) is 5.73 Å². The SMILES string of the molecule is NCCCc1nocc1-c1ccccc1C(F)(F)F. The number of hydrogen-bond acceptors (Lipinski definition) is 3. The van der Waals surface area contributed by atoms with E-state index in [-0.39, 0.29) is 5.56 Å². The van der Waals surface area contributed by atoms with Crippen LogP contribution in [0.15, 0.2) is 35.1 Å². The Labute approximate surface area is 108 Å². The highest BCUT2D eigenvalue weighted by molar-refractivity contribution is 5.69. The van der Waals surface area contributed by atoms with Crippen LogP contribution in [-0.4, -0.2) is 11.7 Å². The lowest BCUT2D eigenvalue weighted by Crippen LogP contribution is -2.07. The number of benzene rings is 1. The van der Waals surface area contributed by atoms with Crippen LogP contribution in [0.25, 0.3) is 11.1 Å². The Balaban J connectivity index is 2.45. The zero-order valence-corrected chi connectivity index (χ0v) is 10.1. The Bertz CT molecular complexity index is 549. The second-order valence-electron chi connectivity index (χ2n) is 4.11. The molecule has 6 heteroatoms. The molecule has 1 aromatic carbocycles. The maximum absolute atomic E-state index is 13.0. The first-order chi connectivity index (χ1) is 9.04. The summed E-state index contributed by atoms with van der Waals surface area (Å²) >= 11 is 0. The van der Waals surface area contributed by atoms with Gasteiger partial charge < -0.3 is 10.3 Å². The minimum Gasteiger partial charge on any atom is -0.364 e. The van der Waals surface area contributed by atoms with Gasteiger partial charge in [0.25, 0.3) is 0 Å². The molecule has 0 aliphatic rings. The first-order valence-corrected chi connectivity index (χ1v) is 5.84. The van der Waals surface area contributed by atoms with Gasteiger partial charge in [-0.05, 0) is 31.0 Å². The lowest BCUT2D eigenvalue weighted by molar-refractivity contribution is -0.137. The smallest absolute Gasteiger partial charge is 0.364 e. The molecule has 0 spiro atoms. The van der Waals surface area contributed by atoms with Crippen molar-refractivity contribution in [1.29, 1.82) is 0 Å². The Morgan fingerprint density at radius 3 is 2.58 bits per heavy atom. The molecule has 0 fully saturated rings. The first-order valence-electron chi connectivity index (χ1n) is 5.84. The second-order valence-corrected chi connectivity index (χ2v) is 4.11. The first kappa shape index (κ1) is 13.6. The molecule has 1 aromatic heterocycles. The second kappa shape index (κ2) is 5.44. The molecule has 3 nitrogen and oxygen atoms in total. The molecule has 0 amide bonds. The van der Waals surface area contributed by atoms with Crippen LogP contribution in [0.1, 0.15) is 17.7 Å². The lowest BCUT2D eigenvalue weighted by Gasteiger charge is -2.11. The summed E-state index contributed by atoms with van der Waals surface area (Å²) in [6.07, 6.45) is -2.02. The van der Waals surface area contributed by atoms with Gasteiger partial charge >= 0.3 is 6.18 Å². The molecule has 1 heterocycles. The van der Waals surface area contributed by atoms with E-state index in [0.717, 1.165) is 6.07 Å². The van der Waals surface area contributed by atoms with Gasteiger partial charge in [-0.1, -0.05) is 23.4 Å². The van der Waals surface area contributed by atoms with Crippen LogP contribution in [0.3, 0.4) is 0 Å². The maximum Gasteiger partial charge on any atom is 0.417 e. The summed E-state index contributed by atoms with van der Waals surface area (Å²) in [4.78, 5) is 0. The van der Waals surface area contributed by atoms with Crippen molar-refractivity contribution in [3.8, 4) is 11.1 Å². The molecule has 0 bridgehead atoms. The van der Waals surface area contributed by atoms with E-state index in [4.69, 9.17) is 10.3 Å². The molecule has 0 atom stereocenters. The van der Waals surface area contributed by atoms with Crippen LogP contribution in [0.5, 0.6) is 0 Å². The van der Waals surface area contributed by atoms with Gasteiger partial charge in [-0.3, -0.25) is 0 Å². The average Bonchev–Trinajstić information content (AvgIpc) is 2.83. The van der Waals surface area contributed by atoms with E-state index in [1.54, 1.807) is 6.07 Å². The molecule has 0 radical (unpaired) electrons. The van der Waals surface area contributed by atoms with Crippen LogP contribution in [0.2, 0.25) is 0 Å². The predicted octanol–water partition coefficient (Wildman–Crippen LogP) is 3.25. The van der Waals surface area contributed by atoms with E-state index in [1.165, 1.54) is 18.4 Å². The summed E-state index contributed by atoms with van der Waals surface area (Å²) in [7, 11) is 0. The summed E-state index contributed by atoms with van der Waals surface area (Å²) in [5.74, 6) is 0. The summed E-state index contributed by atoms with van der Waals surface area (Å²) in [6.45, 7) is 0.452. The number of aromatic nitrogens is 1. The van der Waals surface area contributed by atoms with E-state index < -0.39 is 11.7 Å². The fourth-order valence-electron chi connectivity index (χ4n) is 1.89. The molecule has 102 valence electrons. The summed E-state index contributed by atoms with van der Waals surface area (Å²) in [6, 6.07) is 5.39. The van der Waals surface area contributed by atoms with Crippen molar-refractivity contribution in [2.45, 2.75) is 19.0 Å². The van der Waals surface area contributed by atoms with Crippen molar-refractivity contribution in [3.05, 3.63) is 41.8 Å². The van der Waals surface area contributed by atoms with Gasteiger partial charge in [0, 0.05) is 5.56 Å². The third kappa shape index (κ3) is 2.96. The summed E-state index contributed by atoms with van der Waals surface area (Å²) in [5, 5.41) is 3.76. The largest absolute Gasteiger partial charge is 0.417 e. The quantitative estimate of drug-likeness (QED) is 0.927. The number of alkyl halides is 3. The lowest BCUT2D eigenvalue weighted by atomic mass is 9.98. The Kier molecular flexibility index (Phi) is 3.90. The van der Waals surface area contributed by atoms with E-state index in [0.29, 0.717) is 30.6 Å². The number of aryl methyl sites for hydroxylation is 1. The van der Waals surface area contributed by atoms with Crippen LogP contribution in [0.4, 0.5) is 13.2 Å². The van der Waals surface area contributed by atoms with Crippen LogP contribution < -0.4 is 5.73 Å². The highest BCUT2D eigenvalue weighted by Crippen LogP contribution is 2.38. The van der Waals surface area contributed by atoms with E-state index >= 15 is 0 Å². The van der Waals surface area contributed by atoms with Crippen molar-refractivity contribution in [3.63, 3.8) is 0 Å². The highest BCUT2D eigenvalue weighted by atomic mass is 19.4. The fourth-order valence-corrected chi connectivity index (χ4v) is 1.89. The highest BCUT2D eigenvalue weighted by Gasteiger charge is 2.34. The molecule has 0 saturated carbocycles. The topological polar surface area (TPSA) is 52.0 Å². The molecule has 19 heavy (non-hydrogen) atoms. The minimum atomic E-state index is -4.40. The number of hydrogen-bond donors (Lipinski definition) is 1. The standard InChI is InChI=1S/C13H13F3N2O/c14-13(15,16)11-5-2-1-4-9(11)10-8-19-18-12(10)6-3-7-17/h1-2,4-5,8H,3,6-7,17H2. The molecular weight excluding hydrogens is 257 g/mol. The predicted molar refractivity (Wildman–Crippen MR) is 64.3 cm³/mol. The van der Waals surface area contributed by atoms with Crippen LogP contribution >= 0.6 is 0 Å². The van der Waals surface area contributed by atoms with Crippen molar-refractivity contribution in [1.82, 2.24) is 5.16 Å². The normalized spacial score (nSPS) is 11.8. The third-order valence-electron chi connectivity index (χ3n) is 2.78. The van der Waals surface area contributed by atoms with Gasteiger partial charge in [0.2, 0.25) is 0 Å². The van der Waals surface area contributed by atoms with Gasteiger partial charge in [0.15, 0.2) is 0 Å². The zero-order chi connectivity index (χ0) is 13.9. The van der Waals surface area contributed by atoms with E-state index in [9.17, 15) is 13.2 Å². The summed E-state index contributed by atoms with van der Waals surface area (Å²) < 4.78 is 43.7. The maximum atomic E-state index is 13.0. The molecular formula is C13H13F3N2O. The third-order valence-corrected chi connectivity index (χ3v) is 2.78. The summed E-state index contributed by atoms with van der Waals surface area (Å²) in [5.41, 5.74) is 5.67. The van der Waals surface area contributed by atoms with Gasteiger partial charge in [0.05, 0.1) is 11.3 Å². The number of rotatable bonds is 4. The van der Waals surface area contributed by atoms with Gasteiger partial charge in [-0.2, -0.15) is 13.2 Å². The molecule has 0 aliphatic carbocycles. The van der Waals surface area contributed by atoms with E-state index in [2.05, 4.69) is 5.16 Å². The van der Waals surface area contributed by atoms with Gasteiger partial charge in [-0.15, -0.1) is 0 Å². The Hall–Kier alpha value is -1.82.